The topological polar surface area (TPSA) is 231 Å². The Bertz CT molecular complexity index is 2360. The van der Waals surface area contributed by atoms with Crippen molar-refractivity contribution >= 4 is 33.6 Å². The molecule has 594 valence electrons. The minimum Gasteiger partial charge on any atom is -0.463 e. The minimum atomic E-state index is -4.93. The molecular formula is C85H148O16P2. The van der Waals surface area contributed by atoms with Crippen LogP contribution in [0.4, 0.5) is 0 Å². The third-order valence-electron chi connectivity index (χ3n) is 17.2. The summed E-state index contributed by atoms with van der Waals surface area (Å²) in [7, 11) is -9.79. The van der Waals surface area contributed by atoms with E-state index < -0.39 is 91.5 Å². The molecule has 18 heteroatoms. The number of aliphatic hydroxyl groups excluding tert-OH is 2. The van der Waals surface area contributed by atoms with E-state index in [-0.39, 0.29) is 19.3 Å². The maximum absolute atomic E-state index is 12.9. The molecule has 0 bridgehead atoms. The molecule has 5 unspecified atom stereocenters. The molecule has 0 aliphatic carbocycles. The molecule has 0 amide bonds. The zero-order valence-electron chi connectivity index (χ0n) is 65.0. The van der Waals surface area contributed by atoms with Crippen LogP contribution < -0.4 is 0 Å². The standard InChI is InChI=1S/C85H148O16P2/c1-4-7-10-13-16-19-22-25-27-29-31-32-33-34-35-36-37-38-39-40-41-42-43-44-45-46-48-50-51-54-56-59-62-65-68-71-83(88)95-74-80(86)75-97-102(91,92)98-76-81(87)77-99-103(93,94)100-79-82(101-85(90)73-70-67-64-61-58-53-24-21-18-15-12-9-6-3)78-96-84(89)72-69-66-63-60-57-55-52-49-47-30-28-26-23-20-17-14-11-8-5-2/h7-8,10-11,16-17,19-20,25-28,31-32,34-35,47,49,55,57,80-82,86-87H,4-6,9,12-15,18,21-24,29-30,33,36-46,48,50-54,56,58-79H2,1-3H3,(H,91,92)(H,93,94)/b10-7-,11-8-,19-16-,20-17-,27-25-,28-26-,32-31-,35-34-,49-47-,57-55-. The van der Waals surface area contributed by atoms with E-state index in [1.54, 1.807) is 0 Å². The van der Waals surface area contributed by atoms with Crippen molar-refractivity contribution in [2.24, 2.45) is 0 Å². The summed E-state index contributed by atoms with van der Waals surface area (Å²) in [5, 5.41) is 20.6. The predicted molar refractivity (Wildman–Crippen MR) is 427 cm³/mol. The third kappa shape index (κ3) is 78.8. The van der Waals surface area contributed by atoms with Gasteiger partial charge in [0.15, 0.2) is 6.10 Å². The average molecular weight is 1490 g/mol. The van der Waals surface area contributed by atoms with E-state index in [1.807, 2.05) is 0 Å². The van der Waals surface area contributed by atoms with Crippen LogP contribution in [0.25, 0.3) is 0 Å². The first kappa shape index (κ1) is 98.9. The zero-order chi connectivity index (χ0) is 75.2. The van der Waals surface area contributed by atoms with E-state index >= 15 is 0 Å². The van der Waals surface area contributed by atoms with Crippen LogP contribution in [0.1, 0.15) is 342 Å². The molecule has 103 heavy (non-hydrogen) atoms. The molecule has 0 heterocycles. The molecule has 16 nitrogen and oxygen atoms in total. The van der Waals surface area contributed by atoms with Gasteiger partial charge in [0.2, 0.25) is 0 Å². The van der Waals surface area contributed by atoms with Crippen molar-refractivity contribution in [2.75, 3.05) is 39.6 Å². The van der Waals surface area contributed by atoms with Crippen molar-refractivity contribution < 1.29 is 75.8 Å². The van der Waals surface area contributed by atoms with Gasteiger partial charge in [0.1, 0.15) is 25.4 Å². The van der Waals surface area contributed by atoms with Gasteiger partial charge in [-0.3, -0.25) is 32.5 Å². The Kier molecular flexibility index (Phi) is 74.5. The van der Waals surface area contributed by atoms with Crippen molar-refractivity contribution in [3.8, 4) is 0 Å². The second-order valence-electron chi connectivity index (χ2n) is 27.2. The number of phosphoric acid groups is 2. The Morgan fingerprint density at radius 2 is 0.515 bits per heavy atom. The van der Waals surface area contributed by atoms with Crippen molar-refractivity contribution in [1.82, 2.24) is 0 Å². The van der Waals surface area contributed by atoms with E-state index in [9.17, 15) is 43.5 Å². The Morgan fingerprint density at radius 1 is 0.282 bits per heavy atom. The summed E-state index contributed by atoms with van der Waals surface area (Å²) < 4.78 is 61.1. The van der Waals surface area contributed by atoms with Crippen molar-refractivity contribution in [1.29, 1.82) is 0 Å². The fraction of sp³-hybridized carbons (Fsp3) is 0.729. The van der Waals surface area contributed by atoms with Crippen LogP contribution in [0.5, 0.6) is 0 Å². The molecule has 0 aromatic rings. The summed E-state index contributed by atoms with van der Waals surface area (Å²) >= 11 is 0. The predicted octanol–water partition coefficient (Wildman–Crippen LogP) is 24.1. The molecule has 5 atom stereocenters. The fourth-order valence-electron chi connectivity index (χ4n) is 11.0. The second-order valence-corrected chi connectivity index (χ2v) is 30.1. The minimum absolute atomic E-state index is 0.0992. The van der Waals surface area contributed by atoms with Crippen LogP contribution >= 0.6 is 15.6 Å². The number of unbranched alkanes of at least 4 members (excludes halogenated alkanes) is 34. The smallest absolute Gasteiger partial charge is 0.463 e. The van der Waals surface area contributed by atoms with Gasteiger partial charge in [0.25, 0.3) is 0 Å². The molecule has 0 saturated heterocycles. The molecule has 0 saturated carbocycles. The number of esters is 3. The summed E-state index contributed by atoms with van der Waals surface area (Å²) in [5.74, 6) is -1.60. The highest BCUT2D eigenvalue weighted by Gasteiger charge is 2.29. The molecule has 0 radical (unpaired) electrons. The number of hydrogen-bond donors (Lipinski definition) is 4. The summed E-state index contributed by atoms with van der Waals surface area (Å²) in [6, 6.07) is 0. The first-order valence-electron chi connectivity index (χ1n) is 40.8. The van der Waals surface area contributed by atoms with Crippen molar-refractivity contribution in [3.63, 3.8) is 0 Å². The molecular weight excluding hydrogens is 1340 g/mol. The fourth-order valence-corrected chi connectivity index (χ4v) is 12.6. The van der Waals surface area contributed by atoms with Crippen LogP contribution in [0.3, 0.4) is 0 Å². The quantitative estimate of drug-likeness (QED) is 0.0146. The Morgan fingerprint density at radius 3 is 0.825 bits per heavy atom. The first-order valence-corrected chi connectivity index (χ1v) is 43.8. The van der Waals surface area contributed by atoms with Gasteiger partial charge >= 0.3 is 33.6 Å². The molecule has 0 spiro atoms. The van der Waals surface area contributed by atoms with Crippen LogP contribution in [0.15, 0.2) is 122 Å². The second kappa shape index (κ2) is 77.6. The number of carbonyl (C=O) groups is 3. The third-order valence-corrected chi connectivity index (χ3v) is 19.1. The summed E-state index contributed by atoms with van der Waals surface area (Å²) in [6.45, 7) is 2.44. The number of aliphatic hydroxyl groups is 2. The number of ether oxygens (including phenoxy) is 3. The van der Waals surface area contributed by atoms with Crippen molar-refractivity contribution in [3.05, 3.63) is 122 Å². The first-order chi connectivity index (χ1) is 50.2. The lowest BCUT2D eigenvalue weighted by Crippen LogP contribution is -2.30. The summed E-state index contributed by atoms with van der Waals surface area (Å²) in [5.41, 5.74) is 0. The average Bonchev–Trinajstić information content (AvgIpc) is 0.925. The maximum atomic E-state index is 12.9. The van der Waals surface area contributed by atoms with Crippen LogP contribution in [-0.4, -0.2) is 95.9 Å². The monoisotopic (exact) mass is 1490 g/mol. The van der Waals surface area contributed by atoms with Crippen molar-refractivity contribution in [2.45, 2.75) is 360 Å². The molecule has 4 N–H and O–H groups in total. The highest BCUT2D eigenvalue weighted by molar-refractivity contribution is 7.47. The van der Waals surface area contributed by atoms with Gasteiger partial charge in [-0.15, -0.1) is 0 Å². The van der Waals surface area contributed by atoms with Gasteiger partial charge in [-0.05, 0) is 109 Å². The number of carbonyl (C=O) groups excluding carboxylic acids is 3. The molecule has 0 aromatic heterocycles. The van der Waals surface area contributed by atoms with Gasteiger partial charge in [0.05, 0.1) is 26.4 Å². The highest BCUT2D eigenvalue weighted by Crippen LogP contribution is 2.45. The van der Waals surface area contributed by atoms with Gasteiger partial charge in [-0.25, -0.2) is 9.13 Å². The normalized spacial score (nSPS) is 14.6. The van der Waals surface area contributed by atoms with E-state index in [4.69, 9.17) is 32.3 Å². The largest absolute Gasteiger partial charge is 0.472 e. The number of allylic oxidation sites excluding steroid dienone is 20. The van der Waals surface area contributed by atoms with Crippen LogP contribution in [0.2, 0.25) is 0 Å². The van der Waals surface area contributed by atoms with E-state index in [0.29, 0.717) is 19.3 Å². The maximum Gasteiger partial charge on any atom is 0.472 e. The van der Waals surface area contributed by atoms with Crippen LogP contribution in [-0.2, 0) is 55.8 Å². The molecule has 0 fully saturated rings. The Balaban J connectivity index is 4.37. The lowest BCUT2D eigenvalue weighted by molar-refractivity contribution is -0.161. The lowest BCUT2D eigenvalue weighted by atomic mass is 10.0. The van der Waals surface area contributed by atoms with Gasteiger partial charge in [-0.2, -0.15) is 0 Å². The number of hydrogen-bond acceptors (Lipinski definition) is 14. The van der Waals surface area contributed by atoms with E-state index in [1.165, 1.54) is 154 Å². The van der Waals surface area contributed by atoms with E-state index in [0.717, 1.165) is 128 Å². The lowest BCUT2D eigenvalue weighted by Gasteiger charge is -2.21. The molecule has 0 aliphatic rings. The van der Waals surface area contributed by atoms with Gasteiger partial charge < -0.3 is 34.2 Å². The summed E-state index contributed by atoms with van der Waals surface area (Å²) in [4.78, 5) is 58.6. The Hall–Kier alpha value is -4.05. The SMILES string of the molecule is CC/C=C\C/C=C\C/C=C\C/C=C\C/C=C\CCCCCCCCCCCCCCCCCCCCCC(=O)OCC(O)COP(=O)(O)OCC(O)COP(=O)(O)OCC(COC(=O)CCCCC/C=C\C/C=C\C/C=C\C/C=C\C/C=C\CC)OC(=O)CCCCCCCCCCCCCCC. The Labute approximate surface area is 627 Å². The van der Waals surface area contributed by atoms with E-state index in [2.05, 4.69) is 142 Å². The molecule has 0 aromatic carbocycles. The highest BCUT2D eigenvalue weighted by atomic mass is 31.2. The zero-order valence-corrected chi connectivity index (χ0v) is 66.7. The molecule has 0 rings (SSSR count). The van der Waals surface area contributed by atoms with Gasteiger partial charge in [0, 0.05) is 19.3 Å². The van der Waals surface area contributed by atoms with Gasteiger partial charge in [-0.1, -0.05) is 335 Å². The summed E-state index contributed by atoms with van der Waals surface area (Å²) in [6.07, 6.45) is 92.7. The number of phosphoric ester groups is 2. The molecule has 0 aliphatic heterocycles. The van der Waals surface area contributed by atoms with Crippen LogP contribution in [0, 0.1) is 0 Å². The number of rotatable bonds is 77.